The zero-order valence-corrected chi connectivity index (χ0v) is 13.7. The molecule has 1 aliphatic rings. The molecule has 4 nitrogen and oxygen atoms in total. The monoisotopic (exact) mass is 276 g/mol. The van der Waals surface area contributed by atoms with Gasteiger partial charge >= 0.3 is 0 Å². The van der Waals surface area contributed by atoms with Crippen molar-refractivity contribution in [2.45, 2.75) is 65.3 Å². The lowest BCUT2D eigenvalue weighted by molar-refractivity contribution is 0.284. The minimum atomic E-state index is -0.0462. The zero-order valence-electron chi connectivity index (χ0n) is 13.7. The molecule has 1 aromatic rings. The second kappa shape index (κ2) is 5.58. The summed E-state index contributed by atoms with van der Waals surface area (Å²) in [5.74, 6) is 3.58. The van der Waals surface area contributed by atoms with Gasteiger partial charge in [-0.25, -0.2) is 9.97 Å². The van der Waals surface area contributed by atoms with Gasteiger partial charge in [0.15, 0.2) is 0 Å². The Morgan fingerprint density at radius 3 is 2.20 bits per heavy atom. The molecule has 4 heteroatoms. The fraction of sp³-hybridized carbons (Fsp3) is 0.750. The largest absolute Gasteiger partial charge is 0.373 e. The fourth-order valence-electron chi connectivity index (χ4n) is 2.51. The van der Waals surface area contributed by atoms with E-state index < -0.39 is 0 Å². The summed E-state index contributed by atoms with van der Waals surface area (Å²) in [4.78, 5) is 9.42. The van der Waals surface area contributed by atoms with Crippen molar-refractivity contribution in [2.75, 3.05) is 17.7 Å². The summed E-state index contributed by atoms with van der Waals surface area (Å²) in [6.45, 7) is 10.8. The van der Waals surface area contributed by atoms with E-state index in [0.717, 1.165) is 28.9 Å². The molecule has 1 saturated carbocycles. The quantitative estimate of drug-likeness (QED) is 0.880. The highest BCUT2D eigenvalue weighted by molar-refractivity contribution is 5.57. The molecule has 1 aromatic heterocycles. The van der Waals surface area contributed by atoms with Gasteiger partial charge in [0.2, 0.25) is 0 Å². The minimum Gasteiger partial charge on any atom is -0.373 e. The van der Waals surface area contributed by atoms with Crippen molar-refractivity contribution < 1.29 is 0 Å². The van der Waals surface area contributed by atoms with Gasteiger partial charge in [-0.05, 0) is 32.6 Å². The Balaban J connectivity index is 2.30. The van der Waals surface area contributed by atoms with Gasteiger partial charge in [0.05, 0.1) is 0 Å². The second-order valence-electron chi connectivity index (χ2n) is 6.99. The molecule has 112 valence electrons. The molecule has 0 aliphatic heterocycles. The lowest BCUT2D eigenvalue weighted by Gasteiger charge is -2.33. The molecule has 1 unspecified atom stereocenters. The minimum absolute atomic E-state index is 0.0462. The Labute approximate surface area is 122 Å². The van der Waals surface area contributed by atoms with E-state index in [1.165, 1.54) is 19.3 Å². The average Bonchev–Trinajstić information content (AvgIpc) is 2.27. The Kier molecular flexibility index (Phi) is 4.21. The van der Waals surface area contributed by atoms with Crippen LogP contribution in [0.15, 0.2) is 0 Å². The lowest BCUT2D eigenvalue weighted by Crippen LogP contribution is -2.32. The van der Waals surface area contributed by atoms with Crippen molar-refractivity contribution in [3.8, 4) is 0 Å². The maximum absolute atomic E-state index is 4.77. The smallest absolute Gasteiger partial charge is 0.138 e. The summed E-state index contributed by atoms with van der Waals surface area (Å²) in [5, 5.41) is 6.80. The summed E-state index contributed by atoms with van der Waals surface area (Å²) < 4.78 is 0. The molecule has 0 aromatic carbocycles. The molecule has 1 heterocycles. The summed E-state index contributed by atoms with van der Waals surface area (Å²) in [6, 6.07) is 0.481. The van der Waals surface area contributed by atoms with E-state index in [4.69, 9.17) is 4.98 Å². The number of rotatable bonds is 4. The SMILES string of the molecule is CNc1nc(C(C)(C)C)nc(NC(C)C2CCC2)c1C. The van der Waals surface area contributed by atoms with E-state index in [1.54, 1.807) is 0 Å². The van der Waals surface area contributed by atoms with Crippen LogP contribution in [0.5, 0.6) is 0 Å². The van der Waals surface area contributed by atoms with Crippen LogP contribution in [-0.4, -0.2) is 23.1 Å². The maximum Gasteiger partial charge on any atom is 0.138 e. The van der Waals surface area contributed by atoms with Crippen LogP contribution in [0, 0.1) is 12.8 Å². The van der Waals surface area contributed by atoms with E-state index in [0.29, 0.717) is 6.04 Å². The standard InChI is InChI=1S/C16H28N4/c1-10-13(17-6)19-15(16(3,4)5)20-14(10)18-11(2)12-8-7-9-12/h11-12H,7-9H2,1-6H3,(H2,17,18,19,20). The highest BCUT2D eigenvalue weighted by Crippen LogP contribution is 2.32. The fourth-order valence-corrected chi connectivity index (χ4v) is 2.51. The third kappa shape index (κ3) is 3.05. The van der Waals surface area contributed by atoms with Crippen LogP contribution < -0.4 is 10.6 Å². The zero-order chi connectivity index (χ0) is 14.9. The third-order valence-corrected chi connectivity index (χ3v) is 4.27. The average molecular weight is 276 g/mol. The van der Waals surface area contributed by atoms with Gasteiger partial charge in [0.1, 0.15) is 17.5 Å². The molecular weight excluding hydrogens is 248 g/mol. The van der Waals surface area contributed by atoms with E-state index in [9.17, 15) is 0 Å². The van der Waals surface area contributed by atoms with Crippen LogP contribution in [0.25, 0.3) is 0 Å². The first-order valence-corrected chi connectivity index (χ1v) is 7.66. The Morgan fingerprint density at radius 2 is 1.75 bits per heavy atom. The predicted molar refractivity (Wildman–Crippen MR) is 85.4 cm³/mol. The van der Waals surface area contributed by atoms with Gasteiger partial charge in [-0.3, -0.25) is 0 Å². The van der Waals surface area contributed by atoms with Gasteiger partial charge in [-0.2, -0.15) is 0 Å². The molecule has 0 saturated heterocycles. The molecule has 0 bridgehead atoms. The van der Waals surface area contributed by atoms with Gasteiger partial charge in [-0.15, -0.1) is 0 Å². The van der Waals surface area contributed by atoms with Crippen LogP contribution in [0.4, 0.5) is 11.6 Å². The van der Waals surface area contributed by atoms with Gasteiger partial charge in [0, 0.05) is 24.1 Å². The van der Waals surface area contributed by atoms with Gasteiger partial charge in [-0.1, -0.05) is 27.2 Å². The summed E-state index contributed by atoms with van der Waals surface area (Å²) in [6.07, 6.45) is 4.04. The van der Waals surface area contributed by atoms with Crippen molar-refractivity contribution in [3.05, 3.63) is 11.4 Å². The molecule has 1 fully saturated rings. The molecule has 1 aliphatic carbocycles. The predicted octanol–water partition coefficient (Wildman–Crippen LogP) is 3.72. The number of anilines is 2. The number of hydrogen-bond acceptors (Lipinski definition) is 4. The first-order valence-electron chi connectivity index (χ1n) is 7.66. The number of aromatic nitrogens is 2. The first kappa shape index (κ1) is 15.1. The van der Waals surface area contributed by atoms with E-state index >= 15 is 0 Å². The Bertz CT molecular complexity index is 472. The lowest BCUT2D eigenvalue weighted by atomic mass is 9.80. The van der Waals surface area contributed by atoms with E-state index in [-0.39, 0.29) is 5.41 Å². The second-order valence-corrected chi connectivity index (χ2v) is 6.99. The summed E-state index contributed by atoms with van der Waals surface area (Å²) in [7, 11) is 1.92. The third-order valence-electron chi connectivity index (χ3n) is 4.27. The Morgan fingerprint density at radius 1 is 1.15 bits per heavy atom. The molecule has 1 atom stereocenters. The number of hydrogen-bond donors (Lipinski definition) is 2. The van der Waals surface area contributed by atoms with Crippen molar-refractivity contribution in [1.82, 2.24) is 9.97 Å². The van der Waals surface area contributed by atoms with E-state index in [2.05, 4.69) is 50.2 Å². The number of nitrogens with zero attached hydrogens (tertiary/aromatic N) is 2. The van der Waals surface area contributed by atoms with Crippen molar-refractivity contribution in [2.24, 2.45) is 5.92 Å². The molecule has 0 amide bonds. The highest BCUT2D eigenvalue weighted by Gasteiger charge is 2.26. The first-order chi connectivity index (χ1) is 9.32. The van der Waals surface area contributed by atoms with Crippen molar-refractivity contribution in [1.29, 1.82) is 0 Å². The van der Waals surface area contributed by atoms with Gasteiger partial charge in [0.25, 0.3) is 0 Å². The highest BCUT2D eigenvalue weighted by atomic mass is 15.1. The Hall–Kier alpha value is -1.32. The maximum atomic E-state index is 4.77. The topological polar surface area (TPSA) is 49.8 Å². The van der Waals surface area contributed by atoms with Crippen LogP contribution in [0.3, 0.4) is 0 Å². The van der Waals surface area contributed by atoms with Crippen LogP contribution in [0.2, 0.25) is 0 Å². The molecule has 0 spiro atoms. The van der Waals surface area contributed by atoms with Crippen LogP contribution in [0.1, 0.15) is 58.3 Å². The van der Waals surface area contributed by atoms with Gasteiger partial charge < -0.3 is 10.6 Å². The van der Waals surface area contributed by atoms with Crippen molar-refractivity contribution in [3.63, 3.8) is 0 Å². The van der Waals surface area contributed by atoms with Crippen LogP contribution >= 0.6 is 0 Å². The number of nitrogens with one attached hydrogen (secondary N) is 2. The molecule has 0 radical (unpaired) electrons. The summed E-state index contributed by atoms with van der Waals surface area (Å²) in [5.41, 5.74) is 1.06. The van der Waals surface area contributed by atoms with Crippen LogP contribution in [-0.2, 0) is 5.41 Å². The van der Waals surface area contributed by atoms with Crippen molar-refractivity contribution >= 4 is 11.6 Å². The molecule has 2 rings (SSSR count). The van der Waals surface area contributed by atoms with E-state index in [1.807, 2.05) is 7.05 Å². The normalized spacial score (nSPS) is 17.5. The molecule has 2 N–H and O–H groups in total. The summed E-state index contributed by atoms with van der Waals surface area (Å²) >= 11 is 0. The molecular formula is C16H28N4. The molecule has 20 heavy (non-hydrogen) atoms.